The average molecular weight is 451 g/mol. The minimum Gasteiger partial charge on any atom is -0.338 e. The number of hydrogen-bond acceptors (Lipinski definition) is 4. The molecule has 0 N–H and O–H groups in total. The predicted octanol–water partition coefficient (Wildman–Crippen LogP) is 5.52. The second-order valence-corrected chi connectivity index (χ2v) is 9.42. The second-order valence-electron chi connectivity index (χ2n) is 8.00. The van der Waals surface area contributed by atoms with E-state index in [9.17, 15) is 4.79 Å². The van der Waals surface area contributed by atoms with E-state index in [0.29, 0.717) is 29.5 Å². The Bertz CT molecular complexity index is 1200. The van der Waals surface area contributed by atoms with Crippen molar-refractivity contribution in [3.8, 4) is 0 Å². The lowest BCUT2D eigenvalue weighted by Gasteiger charge is -2.31. The average Bonchev–Trinajstić information content (AvgIpc) is 3.35. The summed E-state index contributed by atoms with van der Waals surface area (Å²) < 4.78 is 2.91. The normalized spacial score (nSPS) is 16.7. The summed E-state index contributed by atoms with van der Waals surface area (Å²) in [5.41, 5.74) is 3.32. The number of amides is 1. The molecule has 5 rings (SSSR count). The van der Waals surface area contributed by atoms with Gasteiger partial charge in [0.15, 0.2) is 0 Å². The van der Waals surface area contributed by atoms with E-state index in [-0.39, 0.29) is 11.8 Å². The highest BCUT2D eigenvalue weighted by Gasteiger charge is 2.31. The molecule has 0 aliphatic carbocycles. The third-order valence-electron chi connectivity index (χ3n) is 5.82. The van der Waals surface area contributed by atoms with Gasteiger partial charge in [-0.15, -0.1) is 11.3 Å². The molecule has 31 heavy (non-hydrogen) atoms. The van der Waals surface area contributed by atoms with Crippen LogP contribution in [0.3, 0.4) is 0 Å². The van der Waals surface area contributed by atoms with Crippen molar-refractivity contribution >= 4 is 39.1 Å². The van der Waals surface area contributed by atoms with Gasteiger partial charge in [0.1, 0.15) is 5.15 Å². The zero-order chi connectivity index (χ0) is 21.4. The lowest BCUT2D eigenvalue weighted by atomic mass is 9.98. The maximum atomic E-state index is 13.4. The number of aryl methyl sites for hydroxylation is 1. The van der Waals surface area contributed by atoms with Gasteiger partial charge >= 0.3 is 0 Å². The molecule has 0 spiro atoms. The lowest BCUT2D eigenvalue weighted by molar-refractivity contribution is 0.0706. The molecule has 1 aliphatic rings. The molecular formula is C24H23ClN4OS. The van der Waals surface area contributed by atoms with Crippen LogP contribution in [0, 0.1) is 6.92 Å². The van der Waals surface area contributed by atoms with Crippen molar-refractivity contribution in [2.45, 2.75) is 32.2 Å². The summed E-state index contributed by atoms with van der Waals surface area (Å²) in [6.45, 7) is 3.80. The first-order valence-corrected chi connectivity index (χ1v) is 11.7. The number of rotatable bonds is 4. The molecule has 1 unspecified atom stereocenters. The fraction of sp³-hybridized carbons (Fsp3) is 0.292. The lowest BCUT2D eigenvalue weighted by Crippen LogP contribution is -2.39. The van der Waals surface area contributed by atoms with E-state index >= 15 is 0 Å². The molecule has 1 atom stereocenters. The van der Waals surface area contributed by atoms with E-state index in [1.807, 2.05) is 60.4 Å². The van der Waals surface area contributed by atoms with E-state index < -0.39 is 0 Å². The van der Waals surface area contributed by atoms with Crippen LogP contribution < -0.4 is 0 Å². The number of para-hydroxylation sites is 1. The predicted molar refractivity (Wildman–Crippen MR) is 125 cm³/mol. The zero-order valence-corrected chi connectivity index (χ0v) is 18.9. The zero-order valence-electron chi connectivity index (χ0n) is 17.3. The van der Waals surface area contributed by atoms with Crippen molar-refractivity contribution in [3.63, 3.8) is 0 Å². The summed E-state index contributed by atoms with van der Waals surface area (Å²) in [6.07, 6.45) is 2.00. The highest BCUT2D eigenvalue weighted by molar-refractivity contribution is 7.18. The van der Waals surface area contributed by atoms with Crippen molar-refractivity contribution < 1.29 is 4.79 Å². The van der Waals surface area contributed by atoms with Crippen LogP contribution in [-0.4, -0.2) is 38.7 Å². The van der Waals surface area contributed by atoms with Crippen LogP contribution in [0.1, 0.15) is 45.4 Å². The Morgan fingerprint density at radius 3 is 2.74 bits per heavy atom. The van der Waals surface area contributed by atoms with Crippen LogP contribution in [0.25, 0.3) is 10.2 Å². The summed E-state index contributed by atoms with van der Waals surface area (Å²) in [5.74, 6) is 0.223. The maximum Gasteiger partial charge on any atom is 0.258 e. The molecule has 4 aromatic rings. The Labute approximate surface area is 190 Å². The van der Waals surface area contributed by atoms with E-state index in [2.05, 4.69) is 11.2 Å². The molecule has 1 amide bonds. The molecule has 0 saturated carbocycles. The van der Waals surface area contributed by atoms with Crippen LogP contribution in [0.4, 0.5) is 0 Å². The Morgan fingerprint density at radius 1 is 1.16 bits per heavy atom. The van der Waals surface area contributed by atoms with Crippen LogP contribution in [0.5, 0.6) is 0 Å². The largest absolute Gasteiger partial charge is 0.338 e. The van der Waals surface area contributed by atoms with Crippen molar-refractivity contribution in [2.75, 3.05) is 13.1 Å². The molecule has 2 aromatic carbocycles. The Balaban J connectivity index is 1.37. The first kappa shape index (κ1) is 20.2. The van der Waals surface area contributed by atoms with Crippen LogP contribution >= 0.6 is 22.9 Å². The molecule has 1 fully saturated rings. The minimum atomic E-state index is -0.0346. The maximum absolute atomic E-state index is 13.4. The van der Waals surface area contributed by atoms with E-state index in [4.69, 9.17) is 16.6 Å². The smallest absolute Gasteiger partial charge is 0.258 e. The van der Waals surface area contributed by atoms with Gasteiger partial charge in [0.2, 0.25) is 0 Å². The molecule has 0 bridgehead atoms. The first-order valence-electron chi connectivity index (χ1n) is 10.5. The van der Waals surface area contributed by atoms with Gasteiger partial charge in [0, 0.05) is 19.0 Å². The molecule has 1 saturated heterocycles. The van der Waals surface area contributed by atoms with Crippen molar-refractivity contribution in [3.05, 3.63) is 81.6 Å². The fourth-order valence-electron chi connectivity index (χ4n) is 4.24. The van der Waals surface area contributed by atoms with Crippen LogP contribution in [0.15, 0.2) is 54.6 Å². The number of piperidine rings is 1. The number of carbonyl (C=O) groups is 1. The van der Waals surface area contributed by atoms with E-state index in [0.717, 1.165) is 35.5 Å². The van der Waals surface area contributed by atoms with Crippen molar-refractivity contribution in [2.24, 2.45) is 0 Å². The third kappa shape index (κ3) is 3.98. The fourth-order valence-corrected chi connectivity index (χ4v) is 5.65. The number of benzene rings is 2. The molecule has 3 heterocycles. The number of fused-ring (bicyclic) bond motifs is 1. The second kappa shape index (κ2) is 8.44. The summed E-state index contributed by atoms with van der Waals surface area (Å²) in [6, 6.07) is 18.2. The number of nitrogens with zero attached hydrogens (tertiary/aromatic N) is 4. The van der Waals surface area contributed by atoms with Gasteiger partial charge in [0.25, 0.3) is 5.91 Å². The molecule has 158 valence electrons. The SMILES string of the molecule is Cc1nn(Cc2ccccc2)c(Cl)c1C(=O)N1CCCC(c2nc3ccccc3s2)C1. The molecule has 2 aromatic heterocycles. The Kier molecular flexibility index (Phi) is 5.50. The van der Waals surface area contributed by atoms with Gasteiger partial charge in [-0.2, -0.15) is 5.10 Å². The Hall–Kier alpha value is -2.70. The standard InChI is InChI=1S/C24H23ClN4OS/c1-16-21(22(25)29(27-16)14-17-8-3-2-4-9-17)24(30)28-13-7-10-18(15-28)23-26-19-11-5-6-12-20(19)31-23/h2-6,8-9,11-12,18H,7,10,13-15H2,1H3. The van der Waals surface area contributed by atoms with Gasteiger partial charge in [-0.25, -0.2) is 9.67 Å². The number of carbonyl (C=O) groups excluding carboxylic acids is 1. The summed E-state index contributed by atoms with van der Waals surface area (Å²) in [7, 11) is 0. The van der Waals surface area contributed by atoms with E-state index in [1.54, 1.807) is 16.0 Å². The van der Waals surface area contributed by atoms with Crippen molar-refractivity contribution in [1.29, 1.82) is 0 Å². The highest BCUT2D eigenvalue weighted by atomic mass is 35.5. The Morgan fingerprint density at radius 2 is 1.94 bits per heavy atom. The molecule has 1 aliphatic heterocycles. The molecule has 7 heteroatoms. The van der Waals surface area contributed by atoms with Gasteiger partial charge < -0.3 is 4.90 Å². The minimum absolute atomic E-state index is 0.0346. The summed E-state index contributed by atoms with van der Waals surface area (Å²) in [4.78, 5) is 20.2. The monoisotopic (exact) mass is 450 g/mol. The van der Waals surface area contributed by atoms with Gasteiger partial charge in [-0.3, -0.25) is 4.79 Å². The first-order chi connectivity index (χ1) is 15.1. The molecule has 5 nitrogen and oxygen atoms in total. The molecule has 0 radical (unpaired) electrons. The number of hydrogen-bond donors (Lipinski definition) is 0. The van der Waals surface area contributed by atoms with E-state index in [1.165, 1.54) is 4.70 Å². The quantitative estimate of drug-likeness (QED) is 0.411. The van der Waals surface area contributed by atoms with Gasteiger partial charge in [-0.1, -0.05) is 54.1 Å². The summed E-state index contributed by atoms with van der Waals surface area (Å²) in [5, 5.41) is 6.08. The molecular weight excluding hydrogens is 428 g/mol. The van der Waals surface area contributed by atoms with Crippen LogP contribution in [-0.2, 0) is 6.54 Å². The number of thiazole rings is 1. The number of halogens is 1. The van der Waals surface area contributed by atoms with Gasteiger partial charge in [-0.05, 0) is 37.5 Å². The number of likely N-dealkylation sites (tertiary alicyclic amines) is 1. The highest BCUT2D eigenvalue weighted by Crippen LogP contribution is 2.34. The third-order valence-corrected chi connectivity index (χ3v) is 7.41. The topological polar surface area (TPSA) is 51.0 Å². The van der Waals surface area contributed by atoms with Crippen molar-refractivity contribution in [1.82, 2.24) is 19.7 Å². The van der Waals surface area contributed by atoms with Gasteiger partial charge in [0.05, 0.1) is 33.0 Å². The van der Waals surface area contributed by atoms with Crippen LogP contribution in [0.2, 0.25) is 5.15 Å². The number of aromatic nitrogens is 3. The summed E-state index contributed by atoms with van der Waals surface area (Å²) >= 11 is 8.38.